The van der Waals surface area contributed by atoms with Gasteiger partial charge in [-0.15, -0.1) is 13.2 Å². The van der Waals surface area contributed by atoms with Gasteiger partial charge in [-0.2, -0.15) is 43.9 Å². The molecule has 6 aromatic carbocycles. The summed E-state index contributed by atoms with van der Waals surface area (Å²) in [5.41, 5.74) is -2.65. The molecule has 0 amide bonds. The SMILES string of the molecule is CCCC1CCC(C2CCC(C(F)(F)Oc3ccc(-c4cc(F)c(C(F)(F)Br)c(F)c4)cc3)CC2)CC1.CCCC1CCC(C2CCC(C(F)(F)Oc3ccc(-c4cc(F)c(C(F)(F)OC(F)(F)F)c(F)c4)cc3)CC2)CC1.CCCC1CCC(C2CCC(C(F)(F)Oc3ccc(-c4cc(F)cc(F)c4)cc3)CC2)CC1. The maximum atomic E-state index is 15.0. The second-order valence-corrected chi connectivity index (χ2v) is 33.0. The maximum Gasteiger partial charge on any atom is 0.527 e. The summed E-state index contributed by atoms with van der Waals surface area (Å²) in [6, 6.07) is 21.6. The van der Waals surface area contributed by atoms with Gasteiger partial charge in [0.1, 0.15) is 63.3 Å². The quantitative estimate of drug-likeness (QED) is 0.0447. The third kappa shape index (κ3) is 24.0. The molecule has 0 aliphatic heterocycles. The van der Waals surface area contributed by atoms with Crippen molar-refractivity contribution in [2.45, 2.75) is 249 Å². The Morgan fingerprint density at radius 3 is 0.766 bits per heavy atom. The van der Waals surface area contributed by atoms with E-state index in [0.717, 1.165) is 86.6 Å². The van der Waals surface area contributed by atoms with Crippen LogP contribution in [-0.2, 0) is 15.7 Å². The number of halogens is 20. The fourth-order valence-electron chi connectivity index (χ4n) is 18.7. The van der Waals surface area contributed by atoms with Gasteiger partial charge in [-0.25, -0.2) is 31.1 Å². The third-order valence-corrected chi connectivity index (χ3v) is 25.0. The Balaban J connectivity index is 0.000000178. The van der Waals surface area contributed by atoms with E-state index in [1.807, 2.05) is 15.9 Å². The van der Waals surface area contributed by atoms with E-state index in [9.17, 15) is 74.6 Å². The van der Waals surface area contributed by atoms with Crippen molar-refractivity contribution in [3.8, 4) is 50.6 Å². The minimum atomic E-state index is -5.84. The van der Waals surface area contributed by atoms with E-state index >= 15 is 8.78 Å². The van der Waals surface area contributed by atoms with Crippen LogP contribution in [0.4, 0.5) is 83.4 Å². The highest BCUT2D eigenvalue weighted by atomic mass is 79.9. The van der Waals surface area contributed by atoms with Crippen molar-refractivity contribution in [1.29, 1.82) is 0 Å². The molecule has 6 aliphatic rings. The largest absolute Gasteiger partial charge is 0.527 e. The molecule has 0 aromatic heterocycles. The van der Waals surface area contributed by atoms with Crippen molar-refractivity contribution in [1.82, 2.24) is 0 Å². The number of alkyl halides is 14. The van der Waals surface area contributed by atoms with Crippen molar-refractivity contribution in [2.75, 3.05) is 0 Å². The van der Waals surface area contributed by atoms with Crippen molar-refractivity contribution < 1.29 is 102 Å². The highest BCUT2D eigenvalue weighted by Crippen LogP contribution is 2.51. The van der Waals surface area contributed by atoms with E-state index in [1.165, 1.54) is 176 Å². The molecule has 0 N–H and O–H groups in total. The molecule has 6 aromatic rings. The lowest BCUT2D eigenvalue weighted by Crippen LogP contribution is -2.38. The summed E-state index contributed by atoms with van der Waals surface area (Å²) in [6.45, 7) is 6.66. The van der Waals surface area contributed by atoms with E-state index in [-0.39, 0.29) is 39.5 Å². The zero-order valence-corrected chi connectivity index (χ0v) is 64.4. The second kappa shape index (κ2) is 38.1. The molecular formula is C87H100BrF19O4. The summed E-state index contributed by atoms with van der Waals surface area (Å²) in [4.78, 5) is -3.85. The van der Waals surface area contributed by atoms with Crippen LogP contribution in [0.2, 0.25) is 0 Å². The number of rotatable bonds is 24. The Bertz CT molecular complexity index is 3810. The Morgan fingerprint density at radius 1 is 0.297 bits per heavy atom. The fraction of sp³-hybridized carbons (Fsp3) is 0.586. The topological polar surface area (TPSA) is 36.9 Å². The molecule has 0 atom stereocenters. The Morgan fingerprint density at radius 2 is 0.532 bits per heavy atom. The average molecular weight is 1650 g/mol. The van der Waals surface area contributed by atoms with E-state index in [0.29, 0.717) is 97.3 Å². The minimum Gasteiger partial charge on any atom is -0.432 e. The van der Waals surface area contributed by atoms with Crippen molar-refractivity contribution in [3.63, 3.8) is 0 Å². The van der Waals surface area contributed by atoms with Gasteiger partial charge >= 0.3 is 35.6 Å². The highest BCUT2D eigenvalue weighted by molar-refractivity contribution is 9.09. The first-order valence-electron chi connectivity index (χ1n) is 39.7. The molecule has 6 fully saturated rings. The monoisotopic (exact) mass is 1650 g/mol. The molecule has 0 heterocycles. The first-order chi connectivity index (χ1) is 52.5. The molecule has 12 rings (SSSR count). The van der Waals surface area contributed by atoms with Crippen molar-refractivity contribution >= 4 is 15.9 Å². The summed E-state index contributed by atoms with van der Waals surface area (Å²) in [5, 5.41) is 0. The van der Waals surface area contributed by atoms with Crippen LogP contribution in [0.3, 0.4) is 0 Å². The number of benzene rings is 6. The van der Waals surface area contributed by atoms with Crippen LogP contribution in [0.25, 0.3) is 33.4 Å². The van der Waals surface area contributed by atoms with E-state index in [2.05, 4.69) is 25.5 Å². The highest BCUT2D eigenvalue weighted by Gasteiger charge is 2.51. The standard InChI is InChI=1S/C30H33F9O2.C29H33BrF6O.C28H34F4O/c1-2-3-18-4-6-19(7-5-18)20-8-12-23(13-9-20)28(33,34)40-24-14-10-21(11-15-24)22-16-25(31)27(26(32)17-22)29(35,36)41-30(37,38)39;1-2-3-18-4-6-19(7-5-18)20-8-12-23(13-9-20)29(35,36)37-24-14-10-21(11-15-24)22-16-25(31)27(26(32)17-22)28(30,33)34;1-2-3-19-4-6-20(7-5-19)21-8-12-24(13-9-21)28(31,32)33-27-14-10-22(11-15-27)23-16-25(29)18-26(30)17-23/h10-11,14-20,23H,2-9,12-13H2,1H3;10-11,14-20,23H,2-9,12-13H2,1H3;10-11,14-21,24H,2-9,12-13H2,1H3. The summed E-state index contributed by atoms with van der Waals surface area (Å²) in [5.74, 6) is -4.90. The van der Waals surface area contributed by atoms with Crippen LogP contribution in [0, 0.1) is 106 Å². The minimum absolute atomic E-state index is 0.0101. The molecule has 612 valence electrons. The van der Waals surface area contributed by atoms with Gasteiger partial charge in [0, 0.05) is 6.07 Å². The van der Waals surface area contributed by atoms with Gasteiger partial charge in [0.2, 0.25) is 0 Å². The van der Waals surface area contributed by atoms with E-state index < -0.39 is 99.4 Å². The Labute approximate surface area is 647 Å². The average Bonchev–Trinajstić information content (AvgIpc) is 0.794. The van der Waals surface area contributed by atoms with Crippen LogP contribution in [0.5, 0.6) is 17.2 Å². The molecule has 0 saturated heterocycles. The number of hydrogen-bond donors (Lipinski definition) is 0. The summed E-state index contributed by atoms with van der Waals surface area (Å²) >= 11 is 1.97. The summed E-state index contributed by atoms with van der Waals surface area (Å²) < 4.78 is 282. The first kappa shape index (κ1) is 87.2. The first-order valence-corrected chi connectivity index (χ1v) is 40.5. The molecular weight excluding hydrogens is 1550 g/mol. The van der Waals surface area contributed by atoms with Crippen LogP contribution in [0.15, 0.2) is 115 Å². The fourth-order valence-corrected chi connectivity index (χ4v) is 19.0. The predicted molar refractivity (Wildman–Crippen MR) is 393 cm³/mol. The van der Waals surface area contributed by atoms with Crippen LogP contribution >= 0.6 is 15.9 Å². The summed E-state index contributed by atoms with van der Waals surface area (Å²) in [6.07, 6.45) is 8.54. The number of hydrogen-bond acceptors (Lipinski definition) is 4. The zero-order valence-electron chi connectivity index (χ0n) is 62.8. The maximum absolute atomic E-state index is 15.0. The lowest BCUT2D eigenvalue weighted by atomic mass is 9.68. The van der Waals surface area contributed by atoms with Gasteiger partial charge in [0.05, 0.1) is 17.8 Å². The number of ether oxygens (including phenoxy) is 4. The van der Waals surface area contributed by atoms with Gasteiger partial charge in [-0.1, -0.05) is 134 Å². The normalized spacial score (nSPS) is 25.2. The molecule has 4 nitrogen and oxygen atoms in total. The smallest absolute Gasteiger partial charge is 0.432 e. The van der Waals surface area contributed by atoms with Crippen molar-refractivity contribution in [2.24, 2.45) is 71.0 Å². The third-order valence-electron chi connectivity index (χ3n) is 24.6. The molecule has 0 radical (unpaired) electrons. The van der Waals surface area contributed by atoms with E-state index in [1.54, 1.807) is 12.1 Å². The van der Waals surface area contributed by atoms with Gasteiger partial charge < -0.3 is 14.2 Å². The Kier molecular flexibility index (Phi) is 29.9. The summed E-state index contributed by atoms with van der Waals surface area (Å²) in [7, 11) is 0. The van der Waals surface area contributed by atoms with Gasteiger partial charge in [0.15, 0.2) is 0 Å². The molecule has 6 aliphatic carbocycles. The lowest BCUT2D eigenvalue weighted by molar-refractivity contribution is -0.432. The molecule has 0 bridgehead atoms. The molecule has 0 spiro atoms. The molecule has 111 heavy (non-hydrogen) atoms. The molecule has 6 saturated carbocycles. The molecule has 24 heteroatoms. The van der Waals surface area contributed by atoms with Crippen LogP contribution in [-0.4, -0.2) is 24.7 Å². The second-order valence-electron chi connectivity index (χ2n) is 32.0. The van der Waals surface area contributed by atoms with Gasteiger partial charge in [-0.3, -0.25) is 0 Å². The molecule has 0 unspecified atom stereocenters. The Hall–Kier alpha value is -6.17. The van der Waals surface area contributed by atoms with Gasteiger partial charge in [-0.05, 0) is 291 Å². The van der Waals surface area contributed by atoms with Gasteiger partial charge in [0.25, 0.3) is 0 Å². The van der Waals surface area contributed by atoms with Crippen LogP contribution < -0.4 is 14.2 Å². The lowest BCUT2D eigenvalue weighted by Gasteiger charge is -2.39. The van der Waals surface area contributed by atoms with E-state index in [4.69, 9.17) is 14.2 Å². The van der Waals surface area contributed by atoms with Crippen molar-refractivity contribution in [3.05, 3.63) is 161 Å². The van der Waals surface area contributed by atoms with Crippen LogP contribution in [0.1, 0.15) is 225 Å². The predicted octanol–water partition coefficient (Wildman–Crippen LogP) is 30.1. The zero-order chi connectivity index (χ0) is 80.2.